The van der Waals surface area contributed by atoms with Crippen LogP contribution >= 0.6 is 0 Å². The average Bonchev–Trinajstić information content (AvgIpc) is 2.65. The molecule has 0 aromatic rings. The number of likely N-dealkylation sites (tertiary alicyclic amines) is 1. The largest absolute Gasteiger partial charge is 0.325 e. The minimum Gasteiger partial charge on any atom is -0.325 e. The molecule has 2 N–H and O–H groups in total. The molecule has 1 saturated heterocycles. The Morgan fingerprint density at radius 2 is 2.07 bits per heavy atom. The van der Waals surface area contributed by atoms with Crippen molar-refractivity contribution >= 4 is 0 Å². The van der Waals surface area contributed by atoms with Gasteiger partial charge in [0.15, 0.2) is 0 Å². The molecule has 0 spiro atoms. The Labute approximate surface area is 86.8 Å². The fraction of sp³-hybridized carbons (Fsp3) is 1.00. The third-order valence-corrected chi connectivity index (χ3v) is 4.66. The molecule has 1 heterocycles. The van der Waals surface area contributed by atoms with E-state index in [4.69, 9.17) is 5.73 Å². The summed E-state index contributed by atoms with van der Waals surface area (Å²) in [5.74, 6) is 1.04. The van der Waals surface area contributed by atoms with Gasteiger partial charge in [-0.05, 0) is 51.0 Å². The number of rotatable bonds is 3. The molecule has 3 aliphatic rings. The first-order chi connectivity index (χ1) is 6.77. The van der Waals surface area contributed by atoms with E-state index in [9.17, 15) is 0 Å². The zero-order chi connectivity index (χ0) is 9.60. The molecule has 2 atom stereocenters. The van der Waals surface area contributed by atoms with E-state index in [1.165, 1.54) is 58.0 Å². The van der Waals surface area contributed by atoms with Crippen LogP contribution in [-0.4, -0.2) is 29.6 Å². The summed E-state index contributed by atoms with van der Waals surface area (Å²) >= 11 is 0. The van der Waals surface area contributed by atoms with Gasteiger partial charge in [0.25, 0.3) is 0 Å². The van der Waals surface area contributed by atoms with Gasteiger partial charge in [0, 0.05) is 18.1 Å². The van der Waals surface area contributed by atoms with E-state index in [1.807, 2.05) is 0 Å². The quantitative estimate of drug-likeness (QED) is 0.741. The van der Waals surface area contributed by atoms with Gasteiger partial charge in [0.2, 0.25) is 0 Å². The Kier molecular flexibility index (Phi) is 2.10. The Morgan fingerprint density at radius 3 is 2.86 bits per heavy atom. The summed E-state index contributed by atoms with van der Waals surface area (Å²) in [4.78, 5) is 2.73. The summed E-state index contributed by atoms with van der Waals surface area (Å²) in [6.07, 6.45) is 9.68. The topological polar surface area (TPSA) is 29.3 Å². The van der Waals surface area contributed by atoms with Crippen LogP contribution in [0, 0.1) is 5.92 Å². The highest BCUT2D eigenvalue weighted by atomic mass is 15.2. The minimum absolute atomic E-state index is 0.261. The third-order valence-electron chi connectivity index (χ3n) is 4.66. The van der Waals surface area contributed by atoms with Crippen LogP contribution < -0.4 is 5.73 Å². The normalized spacial score (nSPS) is 40.1. The van der Waals surface area contributed by atoms with E-state index in [-0.39, 0.29) is 5.54 Å². The monoisotopic (exact) mass is 194 g/mol. The van der Waals surface area contributed by atoms with Gasteiger partial charge in [0.05, 0.1) is 0 Å². The molecule has 3 rings (SSSR count). The number of hydrogen-bond donors (Lipinski definition) is 1. The molecule has 2 nitrogen and oxygen atoms in total. The summed E-state index contributed by atoms with van der Waals surface area (Å²) in [6, 6.07) is 0.942. The molecule has 1 aliphatic heterocycles. The molecular weight excluding hydrogens is 172 g/mol. The molecule has 0 aromatic heterocycles. The van der Waals surface area contributed by atoms with Crippen molar-refractivity contribution in [1.82, 2.24) is 4.90 Å². The summed E-state index contributed by atoms with van der Waals surface area (Å²) in [5.41, 5.74) is 6.40. The summed E-state index contributed by atoms with van der Waals surface area (Å²) in [7, 11) is 0. The molecule has 0 aromatic carbocycles. The first kappa shape index (κ1) is 9.17. The Balaban J connectivity index is 1.53. The van der Waals surface area contributed by atoms with E-state index < -0.39 is 0 Å². The lowest BCUT2D eigenvalue weighted by atomic mass is 10.0. The second kappa shape index (κ2) is 3.21. The van der Waals surface area contributed by atoms with Gasteiger partial charge in [-0.3, -0.25) is 0 Å². The van der Waals surface area contributed by atoms with Gasteiger partial charge in [-0.15, -0.1) is 0 Å². The molecule has 0 amide bonds. The van der Waals surface area contributed by atoms with Crippen molar-refractivity contribution in [1.29, 1.82) is 0 Å². The Bertz CT molecular complexity index is 222. The molecule has 80 valence electrons. The van der Waals surface area contributed by atoms with Crippen molar-refractivity contribution < 1.29 is 0 Å². The maximum atomic E-state index is 6.14. The lowest BCUT2D eigenvalue weighted by molar-refractivity contribution is 0.230. The lowest BCUT2D eigenvalue weighted by Gasteiger charge is -2.24. The molecule has 2 aliphatic carbocycles. The van der Waals surface area contributed by atoms with Gasteiger partial charge in [-0.25, -0.2) is 0 Å². The zero-order valence-corrected chi connectivity index (χ0v) is 9.04. The van der Waals surface area contributed by atoms with Gasteiger partial charge in [-0.1, -0.05) is 6.42 Å². The second-order valence-electron chi connectivity index (χ2n) is 5.70. The van der Waals surface area contributed by atoms with Crippen LogP contribution in [0.25, 0.3) is 0 Å². The van der Waals surface area contributed by atoms with Crippen molar-refractivity contribution in [3.8, 4) is 0 Å². The maximum absolute atomic E-state index is 6.14. The number of nitrogens with two attached hydrogens (primary N) is 1. The van der Waals surface area contributed by atoms with Crippen LogP contribution in [0.4, 0.5) is 0 Å². The number of hydrogen-bond acceptors (Lipinski definition) is 2. The number of fused-ring (bicyclic) bond motifs is 1. The second-order valence-corrected chi connectivity index (χ2v) is 5.70. The van der Waals surface area contributed by atoms with Crippen LogP contribution in [0.1, 0.15) is 44.9 Å². The number of nitrogens with zero attached hydrogens (tertiary/aromatic N) is 1. The fourth-order valence-corrected chi connectivity index (χ4v) is 3.39. The summed E-state index contributed by atoms with van der Waals surface area (Å²) in [5, 5.41) is 0. The highest BCUT2D eigenvalue weighted by molar-refractivity contribution is 5.00. The third kappa shape index (κ3) is 1.59. The van der Waals surface area contributed by atoms with Gasteiger partial charge < -0.3 is 10.6 Å². The summed E-state index contributed by atoms with van der Waals surface area (Å²) in [6.45, 7) is 2.63. The van der Waals surface area contributed by atoms with Gasteiger partial charge >= 0.3 is 0 Å². The van der Waals surface area contributed by atoms with Crippen molar-refractivity contribution in [2.24, 2.45) is 11.7 Å². The highest BCUT2D eigenvalue weighted by Crippen LogP contribution is 2.40. The molecule has 2 saturated carbocycles. The molecule has 0 bridgehead atoms. The van der Waals surface area contributed by atoms with E-state index in [0.717, 1.165) is 12.0 Å². The van der Waals surface area contributed by atoms with Crippen molar-refractivity contribution in [2.45, 2.75) is 56.5 Å². The SMILES string of the molecule is NC1(CCN2CCC3CCCC32)CC1. The summed E-state index contributed by atoms with van der Waals surface area (Å²) < 4.78 is 0. The zero-order valence-electron chi connectivity index (χ0n) is 9.04. The first-order valence-corrected chi connectivity index (χ1v) is 6.30. The van der Waals surface area contributed by atoms with Crippen LogP contribution in [0.3, 0.4) is 0 Å². The van der Waals surface area contributed by atoms with E-state index >= 15 is 0 Å². The maximum Gasteiger partial charge on any atom is 0.0167 e. The van der Waals surface area contributed by atoms with Crippen LogP contribution in [-0.2, 0) is 0 Å². The Morgan fingerprint density at radius 1 is 1.21 bits per heavy atom. The van der Waals surface area contributed by atoms with Crippen molar-refractivity contribution in [3.05, 3.63) is 0 Å². The smallest absolute Gasteiger partial charge is 0.0167 e. The van der Waals surface area contributed by atoms with Crippen LogP contribution in [0.2, 0.25) is 0 Å². The highest BCUT2D eigenvalue weighted by Gasteiger charge is 2.41. The van der Waals surface area contributed by atoms with Crippen molar-refractivity contribution in [3.63, 3.8) is 0 Å². The first-order valence-electron chi connectivity index (χ1n) is 6.30. The average molecular weight is 194 g/mol. The van der Waals surface area contributed by atoms with Crippen molar-refractivity contribution in [2.75, 3.05) is 13.1 Å². The lowest BCUT2D eigenvalue weighted by Crippen LogP contribution is -2.35. The fourth-order valence-electron chi connectivity index (χ4n) is 3.39. The molecular formula is C12H22N2. The molecule has 2 unspecified atom stereocenters. The predicted molar refractivity (Wildman–Crippen MR) is 58.1 cm³/mol. The standard InChI is InChI=1S/C12H22N2/c13-12(5-6-12)7-9-14-8-4-10-2-1-3-11(10)14/h10-11H,1-9,13H2. The minimum atomic E-state index is 0.261. The van der Waals surface area contributed by atoms with Crippen LogP contribution in [0.15, 0.2) is 0 Å². The van der Waals surface area contributed by atoms with Crippen LogP contribution in [0.5, 0.6) is 0 Å². The molecule has 3 fully saturated rings. The predicted octanol–water partition coefficient (Wildman–Crippen LogP) is 1.74. The van der Waals surface area contributed by atoms with E-state index in [2.05, 4.69) is 4.90 Å². The van der Waals surface area contributed by atoms with E-state index in [0.29, 0.717) is 0 Å². The van der Waals surface area contributed by atoms with Gasteiger partial charge in [0.1, 0.15) is 0 Å². The Hall–Kier alpha value is -0.0800. The van der Waals surface area contributed by atoms with E-state index in [1.54, 1.807) is 0 Å². The molecule has 0 radical (unpaired) electrons. The van der Waals surface area contributed by atoms with Gasteiger partial charge in [-0.2, -0.15) is 0 Å². The molecule has 14 heavy (non-hydrogen) atoms. The molecule has 2 heteroatoms.